The van der Waals surface area contributed by atoms with Crippen molar-refractivity contribution in [2.24, 2.45) is 5.92 Å². The van der Waals surface area contributed by atoms with Crippen LogP contribution in [0.25, 0.3) is 0 Å². The number of benzene rings is 1. The molecule has 1 unspecified atom stereocenters. The molecule has 0 saturated carbocycles. The predicted molar refractivity (Wildman–Crippen MR) is 117 cm³/mol. The predicted octanol–water partition coefficient (Wildman–Crippen LogP) is 2.21. The summed E-state index contributed by atoms with van der Waals surface area (Å²) in [6, 6.07) is 4.09. The highest BCUT2D eigenvalue weighted by atomic mass is 16.5. The largest absolute Gasteiger partial charge is 0.497 e. The van der Waals surface area contributed by atoms with E-state index in [4.69, 9.17) is 9.47 Å². The molecule has 10 heteroatoms. The number of H-pyrrole nitrogens is 1. The van der Waals surface area contributed by atoms with Gasteiger partial charge in [0.05, 0.1) is 14.2 Å². The van der Waals surface area contributed by atoms with Crippen molar-refractivity contribution < 1.29 is 19.1 Å². The molecule has 0 radical (unpaired) electrons. The molecule has 1 atom stereocenters. The van der Waals surface area contributed by atoms with Gasteiger partial charge in [-0.05, 0) is 37.3 Å². The minimum atomic E-state index is -0.770. The number of aromatic amines is 1. The topological polar surface area (TPSA) is 121 Å². The van der Waals surface area contributed by atoms with Gasteiger partial charge in [0.2, 0.25) is 17.8 Å². The number of nitrogens with one attached hydrogen (secondary N) is 3. The molecule has 1 saturated heterocycles. The fourth-order valence-corrected chi connectivity index (χ4v) is 3.44. The van der Waals surface area contributed by atoms with Crippen LogP contribution in [0.4, 0.5) is 11.9 Å². The van der Waals surface area contributed by atoms with Crippen molar-refractivity contribution in [2.75, 3.05) is 37.5 Å². The molecule has 10 nitrogen and oxygen atoms in total. The Morgan fingerprint density at radius 3 is 2.29 bits per heavy atom. The molecule has 2 amide bonds. The highest BCUT2D eigenvalue weighted by Gasteiger charge is 2.26. The second-order valence-corrected chi connectivity index (χ2v) is 7.82. The molecule has 31 heavy (non-hydrogen) atoms. The zero-order valence-electron chi connectivity index (χ0n) is 18.4. The van der Waals surface area contributed by atoms with Gasteiger partial charge in [0, 0.05) is 24.7 Å². The molecule has 1 fully saturated rings. The molecule has 0 spiro atoms. The van der Waals surface area contributed by atoms with Crippen LogP contribution in [0.2, 0.25) is 0 Å². The van der Waals surface area contributed by atoms with Crippen LogP contribution < -0.4 is 25.0 Å². The normalized spacial score (nSPS) is 14.8. The van der Waals surface area contributed by atoms with Crippen LogP contribution >= 0.6 is 0 Å². The molecule has 3 rings (SSSR count). The Balaban J connectivity index is 1.68. The van der Waals surface area contributed by atoms with E-state index in [-0.39, 0.29) is 17.8 Å². The van der Waals surface area contributed by atoms with Gasteiger partial charge in [0.15, 0.2) is 0 Å². The van der Waals surface area contributed by atoms with Crippen molar-refractivity contribution in [1.29, 1.82) is 0 Å². The number of ether oxygens (including phenoxy) is 2. The summed E-state index contributed by atoms with van der Waals surface area (Å²) < 4.78 is 10.4. The molecule has 1 aromatic heterocycles. The molecule has 1 aliphatic heterocycles. The van der Waals surface area contributed by atoms with E-state index in [1.807, 2.05) is 13.8 Å². The Kier molecular flexibility index (Phi) is 7.32. The van der Waals surface area contributed by atoms with E-state index in [0.717, 1.165) is 25.9 Å². The van der Waals surface area contributed by atoms with Gasteiger partial charge in [-0.25, -0.2) is 5.10 Å². The first-order chi connectivity index (χ1) is 14.9. The summed E-state index contributed by atoms with van der Waals surface area (Å²) in [6.07, 6.45) is 3.42. The fourth-order valence-electron chi connectivity index (χ4n) is 3.44. The highest BCUT2D eigenvalue weighted by Crippen LogP contribution is 2.23. The second-order valence-electron chi connectivity index (χ2n) is 7.82. The standard InChI is InChI=1S/C21H30N6O4/c1-13(2)17(22-18(28)14-10-15(30-3)12-16(11-14)31-4)19(29)23-20-24-21(26-25-20)27-8-6-5-7-9-27/h10-13,17H,5-9H2,1-4H3,(H,22,28)(H2,23,24,25,26,29). The molecule has 1 aliphatic rings. The van der Waals surface area contributed by atoms with Crippen LogP contribution in [-0.4, -0.2) is 60.3 Å². The summed E-state index contributed by atoms with van der Waals surface area (Å²) >= 11 is 0. The summed E-state index contributed by atoms with van der Waals surface area (Å²) in [7, 11) is 3.02. The maximum atomic E-state index is 12.9. The number of hydrogen-bond donors (Lipinski definition) is 3. The summed E-state index contributed by atoms with van der Waals surface area (Å²) in [5.74, 6) is 0.874. The van der Waals surface area contributed by atoms with Gasteiger partial charge in [-0.3, -0.25) is 14.9 Å². The monoisotopic (exact) mass is 430 g/mol. The highest BCUT2D eigenvalue weighted by molar-refractivity contribution is 6.01. The quantitative estimate of drug-likeness (QED) is 0.587. The molecule has 0 aliphatic carbocycles. The van der Waals surface area contributed by atoms with Gasteiger partial charge < -0.3 is 19.7 Å². The zero-order valence-corrected chi connectivity index (χ0v) is 18.4. The molecule has 1 aromatic carbocycles. The Morgan fingerprint density at radius 1 is 1.06 bits per heavy atom. The number of hydrogen-bond acceptors (Lipinski definition) is 7. The molecule has 2 heterocycles. The van der Waals surface area contributed by atoms with Crippen LogP contribution in [0.3, 0.4) is 0 Å². The summed E-state index contributed by atoms with van der Waals surface area (Å²) in [4.78, 5) is 32.2. The Hall–Kier alpha value is -3.30. The number of methoxy groups -OCH3 is 2. The van der Waals surface area contributed by atoms with Crippen LogP contribution in [0.1, 0.15) is 43.5 Å². The Labute approximate surface area is 181 Å². The number of rotatable bonds is 8. The lowest BCUT2D eigenvalue weighted by atomic mass is 10.0. The zero-order chi connectivity index (χ0) is 22.4. The first-order valence-corrected chi connectivity index (χ1v) is 10.4. The van der Waals surface area contributed by atoms with Crippen molar-refractivity contribution >= 4 is 23.7 Å². The number of carbonyl (C=O) groups excluding carboxylic acids is 2. The SMILES string of the molecule is COc1cc(OC)cc(C(=O)NC(C(=O)Nc2nc(N3CCCCC3)n[nH]2)C(C)C)c1. The van der Waals surface area contributed by atoms with Crippen molar-refractivity contribution in [2.45, 2.75) is 39.2 Å². The minimum absolute atomic E-state index is 0.152. The van der Waals surface area contributed by atoms with Gasteiger partial charge in [0.1, 0.15) is 17.5 Å². The molecule has 2 aromatic rings. The van der Waals surface area contributed by atoms with Crippen LogP contribution in [0.5, 0.6) is 11.5 Å². The lowest BCUT2D eigenvalue weighted by Crippen LogP contribution is -2.47. The first kappa shape index (κ1) is 22.4. The second kappa shape index (κ2) is 10.1. The van der Waals surface area contributed by atoms with Gasteiger partial charge in [-0.15, -0.1) is 5.10 Å². The summed E-state index contributed by atoms with van der Waals surface area (Å²) in [6.45, 7) is 5.52. The van der Waals surface area contributed by atoms with Crippen molar-refractivity contribution in [1.82, 2.24) is 20.5 Å². The molecular formula is C21H30N6O4. The average Bonchev–Trinajstić information content (AvgIpc) is 3.25. The van der Waals surface area contributed by atoms with E-state index in [2.05, 4.69) is 30.7 Å². The first-order valence-electron chi connectivity index (χ1n) is 10.4. The maximum Gasteiger partial charge on any atom is 0.252 e. The van der Waals surface area contributed by atoms with Crippen molar-refractivity contribution in [3.63, 3.8) is 0 Å². The van der Waals surface area contributed by atoms with Gasteiger partial charge in [-0.1, -0.05) is 13.8 Å². The third kappa shape index (κ3) is 5.65. The van der Waals surface area contributed by atoms with E-state index in [1.54, 1.807) is 18.2 Å². The van der Waals surface area contributed by atoms with E-state index in [1.165, 1.54) is 20.6 Å². The van der Waals surface area contributed by atoms with E-state index in [0.29, 0.717) is 23.0 Å². The van der Waals surface area contributed by atoms with Gasteiger partial charge in [0.25, 0.3) is 5.91 Å². The Bertz CT molecular complexity index is 885. The molecular weight excluding hydrogens is 400 g/mol. The number of aromatic nitrogens is 3. The average molecular weight is 431 g/mol. The lowest BCUT2D eigenvalue weighted by molar-refractivity contribution is -0.118. The number of amides is 2. The van der Waals surface area contributed by atoms with Crippen molar-refractivity contribution in [3.05, 3.63) is 23.8 Å². The van der Waals surface area contributed by atoms with Gasteiger partial charge >= 0.3 is 0 Å². The van der Waals surface area contributed by atoms with Crippen molar-refractivity contribution in [3.8, 4) is 11.5 Å². The number of piperidine rings is 1. The van der Waals surface area contributed by atoms with Crippen LogP contribution in [0.15, 0.2) is 18.2 Å². The van der Waals surface area contributed by atoms with Gasteiger partial charge in [-0.2, -0.15) is 4.98 Å². The number of nitrogens with zero attached hydrogens (tertiary/aromatic N) is 3. The number of anilines is 2. The fraction of sp³-hybridized carbons (Fsp3) is 0.524. The maximum absolute atomic E-state index is 12.9. The minimum Gasteiger partial charge on any atom is -0.497 e. The smallest absolute Gasteiger partial charge is 0.252 e. The third-order valence-corrected chi connectivity index (χ3v) is 5.20. The number of carbonyl (C=O) groups is 2. The van der Waals surface area contributed by atoms with E-state index >= 15 is 0 Å². The van der Waals surface area contributed by atoms with E-state index < -0.39 is 11.9 Å². The summed E-state index contributed by atoms with van der Waals surface area (Å²) in [5.41, 5.74) is 0.335. The third-order valence-electron chi connectivity index (χ3n) is 5.20. The van der Waals surface area contributed by atoms with Crippen LogP contribution in [-0.2, 0) is 4.79 Å². The van der Waals surface area contributed by atoms with E-state index in [9.17, 15) is 9.59 Å². The molecule has 168 valence electrons. The summed E-state index contributed by atoms with van der Waals surface area (Å²) in [5, 5.41) is 12.5. The lowest BCUT2D eigenvalue weighted by Gasteiger charge is -2.24. The molecule has 0 bridgehead atoms. The Morgan fingerprint density at radius 2 is 1.71 bits per heavy atom. The van der Waals surface area contributed by atoms with Crippen LogP contribution in [0, 0.1) is 5.92 Å². The molecule has 3 N–H and O–H groups in total.